The minimum Gasteiger partial charge on any atom is -0.490 e. The fourth-order valence-corrected chi connectivity index (χ4v) is 2.63. The average molecular weight is 381 g/mol. The summed E-state index contributed by atoms with van der Waals surface area (Å²) in [5.41, 5.74) is 0.957. The van der Waals surface area contributed by atoms with Crippen molar-refractivity contribution < 1.29 is 19.1 Å². The zero-order valence-corrected chi connectivity index (χ0v) is 15.2. The monoisotopic (exact) mass is 380 g/mol. The molecule has 0 saturated carbocycles. The number of benzene rings is 3. The summed E-state index contributed by atoms with van der Waals surface area (Å²) in [7, 11) is 0. The van der Waals surface area contributed by atoms with Crippen molar-refractivity contribution in [1.82, 2.24) is 0 Å². The Morgan fingerprint density at radius 1 is 0.741 bits per heavy atom. The first-order chi connectivity index (χ1) is 13.1. The predicted octanol–water partition coefficient (Wildman–Crippen LogP) is 4.81. The van der Waals surface area contributed by atoms with Gasteiger partial charge in [0.15, 0.2) is 5.78 Å². The van der Waals surface area contributed by atoms with E-state index in [4.69, 9.17) is 21.1 Å². The highest BCUT2D eigenvalue weighted by Crippen LogP contribution is 2.18. The molecule has 0 fully saturated rings. The van der Waals surface area contributed by atoms with Crippen molar-refractivity contribution in [3.8, 4) is 5.75 Å². The van der Waals surface area contributed by atoms with E-state index in [1.807, 2.05) is 30.3 Å². The van der Waals surface area contributed by atoms with Crippen molar-refractivity contribution in [1.29, 1.82) is 0 Å². The number of ether oxygens (including phenoxy) is 2. The van der Waals surface area contributed by atoms with E-state index in [-0.39, 0.29) is 30.1 Å². The summed E-state index contributed by atoms with van der Waals surface area (Å²) in [6.45, 7) is 0.306. The standard InChI is InChI=1S/C22H17ClO4/c23-17-12-10-16(11-13-17)21(24)19-8-4-5-9-20(19)22(25)27-15-14-26-18-6-2-1-3-7-18/h1-13H,14-15H2. The smallest absolute Gasteiger partial charge is 0.339 e. The Hall–Kier alpha value is -3.11. The first-order valence-electron chi connectivity index (χ1n) is 8.39. The fourth-order valence-electron chi connectivity index (χ4n) is 2.50. The molecule has 0 aliphatic heterocycles. The van der Waals surface area contributed by atoms with Crippen LogP contribution in [0.4, 0.5) is 0 Å². The summed E-state index contributed by atoms with van der Waals surface area (Å²) in [6.07, 6.45) is 0. The first-order valence-corrected chi connectivity index (χ1v) is 8.77. The van der Waals surface area contributed by atoms with Crippen LogP contribution < -0.4 is 4.74 Å². The second-order valence-electron chi connectivity index (χ2n) is 5.68. The maximum absolute atomic E-state index is 12.7. The van der Waals surface area contributed by atoms with Crippen LogP contribution in [0.5, 0.6) is 5.75 Å². The second-order valence-corrected chi connectivity index (χ2v) is 6.12. The van der Waals surface area contributed by atoms with Gasteiger partial charge in [0, 0.05) is 16.1 Å². The molecule has 5 heteroatoms. The molecule has 0 heterocycles. The Kier molecular flexibility index (Phi) is 6.23. The van der Waals surface area contributed by atoms with E-state index >= 15 is 0 Å². The molecular weight excluding hydrogens is 364 g/mol. The van der Waals surface area contributed by atoms with Gasteiger partial charge in [0.05, 0.1) is 5.56 Å². The van der Waals surface area contributed by atoms with Crippen LogP contribution in [-0.2, 0) is 4.74 Å². The number of para-hydroxylation sites is 1. The lowest BCUT2D eigenvalue weighted by Crippen LogP contribution is -2.16. The summed E-state index contributed by atoms with van der Waals surface area (Å²) in [5, 5.41) is 0.540. The van der Waals surface area contributed by atoms with Gasteiger partial charge in [-0.25, -0.2) is 4.79 Å². The van der Waals surface area contributed by atoms with Crippen LogP contribution in [0.3, 0.4) is 0 Å². The Balaban J connectivity index is 1.65. The van der Waals surface area contributed by atoms with Gasteiger partial charge in [-0.2, -0.15) is 0 Å². The van der Waals surface area contributed by atoms with Crippen LogP contribution in [0, 0.1) is 0 Å². The molecule has 3 aromatic carbocycles. The third-order valence-electron chi connectivity index (χ3n) is 3.83. The fraction of sp³-hybridized carbons (Fsp3) is 0.0909. The number of rotatable bonds is 7. The molecule has 0 amide bonds. The van der Waals surface area contributed by atoms with Crippen LogP contribution in [0.2, 0.25) is 5.02 Å². The van der Waals surface area contributed by atoms with Gasteiger partial charge in [0.25, 0.3) is 0 Å². The molecule has 3 aromatic rings. The number of ketones is 1. The van der Waals surface area contributed by atoms with Gasteiger partial charge in [-0.15, -0.1) is 0 Å². The van der Waals surface area contributed by atoms with Crippen molar-refractivity contribution in [2.24, 2.45) is 0 Å². The van der Waals surface area contributed by atoms with Gasteiger partial charge in [-0.1, -0.05) is 48.0 Å². The largest absolute Gasteiger partial charge is 0.490 e. The molecule has 4 nitrogen and oxygen atoms in total. The summed E-state index contributed by atoms with van der Waals surface area (Å²) >= 11 is 5.86. The number of halogens is 1. The van der Waals surface area contributed by atoms with Gasteiger partial charge < -0.3 is 9.47 Å². The summed E-state index contributed by atoms with van der Waals surface area (Å²) in [6, 6.07) is 22.4. The van der Waals surface area contributed by atoms with E-state index < -0.39 is 5.97 Å². The first kappa shape index (κ1) is 18.7. The van der Waals surface area contributed by atoms with Gasteiger partial charge in [-0.05, 0) is 42.5 Å². The lowest BCUT2D eigenvalue weighted by Gasteiger charge is -2.10. The molecule has 0 radical (unpaired) electrons. The molecule has 0 atom stereocenters. The minimum absolute atomic E-state index is 0.0806. The quantitative estimate of drug-likeness (QED) is 0.335. The third-order valence-corrected chi connectivity index (χ3v) is 4.08. The molecule has 0 aliphatic carbocycles. The Morgan fingerprint density at radius 3 is 2.07 bits per heavy atom. The zero-order valence-electron chi connectivity index (χ0n) is 14.4. The maximum Gasteiger partial charge on any atom is 0.339 e. The molecule has 0 aromatic heterocycles. The molecule has 0 unspecified atom stereocenters. The van der Waals surface area contributed by atoms with Crippen LogP contribution >= 0.6 is 11.6 Å². The molecule has 0 spiro atoms. The molecule has 0 saturated heterocycles. The molecule has 136 valence electrons. The summed E-state index contributed by atoms with van der Waals surface area (Å²) in [5.74, 6) is -0.129. The highest BCUT2D eigenvalue weighted by molar-refractivity contribution is 6.30. The predicted molar refractivity (Wildman–Crippen MR) is 104 cm³/mol. The lowest BCUT2D eigenvalue weighted by atomic mass is 9.98. The molecule has 0 N–H and O–H groups in total. The van der Waals surface area contributed by atoms with Crippen molar-refractivity contribution in [3.63, 3.8) is 0 Å². The highest BCUT2D eigenvalue weighted by Gasteiger charge is 2.19. The molecule has 3 rings (SSSR count). The van der Waals surface area contributed by atoms with E-state index in [1.54, 1.807) is 48.5 Å². The SMILES string of the molecule is O=C(OCCOc1ccccc1)c1ccccc1C(=O)c1ccc(Cl)cc1. The summed E-state index contributed by atoms with van der Waals surface area (Å²) in [4.78, 5) is 25.1. The van der Waals surface area contributed by atoms with Crippen LogP contribution in [0.25, 0.3) is 0 Å². The van der Waals surface area contributed by atoms with Gasteiger partial charge in [-0.3, -0.25) is 4.79 Å². The zero-order chi connectivity index (χ0) is 19.1. The lowest BCUT2D eigenvalue weighted by molar-refractivity contribution is 0.0448. The van der Waals surface area contributed by atoms with Crippen molar-refractivity contribution in [3.05, 3.63) is 101 Å². The van der Waals surface area contributed by atoms with Crippen molar-refractivity contribution in [2.75, 3.05) is 13.2 Å². The summed E-state index contributed by atoms with van der Waals surface area (Å²) < 4.78 is 10.8. The van der Waals surface area contributed by atoms with Gasteiger partial charge in [0.1, 0.15) is 19.0 Å². The van der Waals surface area contributed by atoms with Crippen molar-refractivity contribution >= 4 is 23.4 Å². The number of hydrogen-bond donors (Lipinski definition) is 0. The van der Waals surface area contributed by atoms with E-state index in [1.165, 1.54) is 0 Å². The van der Waals surface area contributed by atoms with Gasteiger partial charge in [0.2, 0.25) is 0 Å². The number of hydrogen-bond acceptors (Lipinski definition) is 4. The average Bonchev–Trinajstić information content (AvgIpc) is 2.72. The molecule has 0 aliphatic rings. The Bertz CT molecular complexity index is 921. The maximum atomic E-state index is 12.7. The Morgan fingerprint density at radius 2 is 1.37 bits per heavy atom. The minimum atomic E-state index is -0.565. The van der Waals surface area contributed by atoms with Crippen LogP contribution in [-0.4, -0.2) is 25.0 Å². The van der Waals surface area contributed by atoms with E-state index in [0.717, 1.165) is 0 Å². The van der Waals surface area contributed by atoms with Crippen LogP contribution in [0.15, 0.2) is 78.9 Å². The highest BCUT2D eigenvalue weighted by atomic mass is 35.5. The molecule has 0 bridgehead atoms. The third kappa shape index (κ3) is 4.96. The van der Waals surface area contributed by atoms with E-state index in [0.29, 0.717) is 16.3 Å². The van der Waals surface area contributed by atoms with Crippen LogP contribution in [0.1, 0.15) is 26.3 Å². The van der Waals surface area contributed by atoms with Gasteiger partial charge >= 0.3 is 5.97 Å². The topological polar surface area (TPSA) is 52.6 Å². The molecular formula is C22H17ClO4. The number of carbonyl (C=O) groups excluding carboxylic acids is 2. The van der Waals surface area contributed by atoms with E-state index in [2.05, 4.69) is 0 Å². The van der Waals surface area contributed by atoms with E-state index in [9.17, 15) is 9.59 Å². The molecule has 27 heavy (non-hydrogen) atoms. The number of esters is 1. The normalized spacial score (nSPS) is 10.3. The van der Waals surface area contributed by atoms with Crippen molar-refractivity contribution in [2.45, 2.75) is 0 Å². The number of carbonyl (C=O) groups is 2. The Labute approximate surface area is 162 Å². The second kappa shape index (κ2) is 9.01.